The normalized spacial score (nSPS) is 11.7. The average Bonchev–Trinajstić information content (AvgIpc) is 2.75. The van der Waals surface area contributed by atoms with Crippen molar-refractivity contribution in [1.82, 2.24) is 29.9 Å². The third-order valence-electron chi connectivity index (χ3n) is 4.14. The quantitative estimate of drug-likeness (QED) is 0.414. The average molecular weight is 368 g/mol. The van der Waals surface area contributed by atoms with Crippen LogP contribution in [0.5, 0.6) is 0 Å². The molecular weight excluding hydrogens is 352 g/mol. The fourth-order valence-corrected chi connectivity index (χ4v) is 2.92. The Morgan fingerprint density at radius 2 is 0.893 bits per heavy atom. The molecule has 2 aromatic carbocycles. The Bertz CT molecular complexity index is 1040. The summed E-state index contributed by atoms with van der Waals surface area (Å²) in [5.74, 6) is 0.873. The number of benzene rings is 2. The van der Waals surface area contributed by atoms with Gasteiger partial charge in [-0.2, -0.15) is 0 Å². The Hall–Kier alpha value is -4.20. The molecule has 0 aliphatic rings. The molecule has 4 N–H and O–H groups in total. The van der Waals surface area contributed by atoms with Crippen molar-refractivity contribution < 1.29 is 0 Å². The first kappa shape index (κ1) is 17.2. The molecule has 0 saturated heterocycles. The number of aromatic nitrogens is 6. The topological polar surface area (TPSA) is 129 Å². The zero-order valence-corrected chi connectivity index (χ0v) is 14.8. The molecule has 0 radical (unpaired) electrons. The van der Waals surface area contributed by atoms with E-state index >= 15 is 0 Å². The van der Waals surface area contributed by atoms with Crippen molar-refractivity contribution in [1.29, 1.82) is 0 Å². The van der Waals surface area contributed by atoms with Crippen molar-refractivity contribution in [2.75, 3.05) is 11.5 Å². The molecule has 8 nitrogen and oxygen atoms in total. The van der Waals surface area contributed by atoms with Crippen LogP contribution in [-0.4, -0.2) is 29.9 Å². The summed E-state index contributed by atoms with van der Waals surface area (Å²) in [6, 6.07) is 14.9. The zero-order chi connectivity index (χ0) is 19.3. The maximum Gasteiger partial charge on any atom is 0.164 e. The van der Waals surface area contributed by atoms with E-state index in [1.807, 2.05) is 48.5 Å². The van der Waals surface area contributed by atoms with E-state index in [-0.39, 0.29) is 0 Å². The molecule has 8 heteroatoms. The fourth-order valence-electron chi connectivity index (χ4n) is 2.92. The summed E-state index contributed by atoms with van der Waals surface area (Å²) >= 11 is 0. The molecule has 0 aliphatic heterocycles. The number of nitrogen functional groups attached to an aromatic ring is 2. The Balaban J connectivity index is 2.16. The van der Waals surface area contributed by atoms with Gasteiger partial charge < -0.3 is 11.5 Å². The van der Waals surface area contributed by atoms with Gasteiger partial charge >= 0.3 is 0 Å². The minimum Gasteiger partial charge on any atom is -0.398 e. The minimum absolute atomic E-state index is 0.437. The molecular formula is C20H16N8. The van der Waals surface area contributed by atoms with Crippen LogP contribution in [0.1, 0.15) is 22.8 Å². The van der Waals surface area contributed by atoms with Gasteiger partial charge in [-0.05, 0) is 12.1 Å². The highest BCUT2D eigenvalue weighted by atomic mass is 15.0. The van der Waals surface area contributed by atoms with Crippen molar-refractivity contribution in [3.63, 3.8) is 0 Å². The van der Waals surface area contributed by atoms with E-state index in [0.29, 0.717) is 34.2 Å². The highest BCUT2D eigenvalue weighted by molar-refractivity contribution is 6.05. The van der Waals surface area contributed by atoms with E-state index in [1.54, 1.807) is 0 Å². The molecule has 0 saturated carbocycles. The predicted octanol–water partition coefficient (Wildman–Crippen LogP) is 2.23. The van der Waals surface area contributed by atoms with Crippen LogP contribution in [0.25, 0.3) is 11.1 Å². The molecule has 0 bridgehead atoms. The van der Waals surface area contributed by atoms with Gasteiger partial charge in [-0.1, -0.05) is 36.4 Å². The third-order valence-corrected chi connectivity index (χ3v) is 4.14. The van der Waals surface area contributed by atoms with Gasteiger partial charge in [0.2, 0.25) is 0 Å². The zero-order valence-electron chi connectivity index (χ0n) is 14.8. The van der Waals surface area contributed by atoms with Crippen LogP contribution < -0.4 is 11.5 Å². The van der Waals surface area contributed by atoms with Gasteiger partial charge in [-0.25, -0.2) is 29.9 Å². The molecule has 4 rings (SSSR count). The van der Waals surface area contributed by atoms with E-state index in [1.165, 1.54) is 25.3 Å². The summed E-state index contributed by atoms with van der Waals surface area (Å²) in [7, 11) is 0. The number of rotatable bonds is 4. The van der Waals surface area contributed by atoms with Gasteiger partial charge in [-0.3, -0.25) is 0 Å². The van der Waals surface area contributed by atoms with Crippen LogP contribution in [0.3, 0.4) is 0 Å². The van der Waals surface area contributed by atoms with Gasteiger partial charge in [0.1, 0.15) is 25.3 Å². The van der Waals surface area contributed by atoms with Gasteiger partial charge in [0.25, 0.3) is 0 Å². The lowest BCUT2D eigenvalue weighted by molar-refractivity contribution is 1.00. The van der Waals surface area contributed by atoms with Crippen molar-refractivity contribution in [2.24, 2.45) is 0 Å². The van der Waals surface area contributed by atoms with E-state index in [9.17, 15) is 0 Å². The first-order valence-corrected chi connectivity index (χ1v) is 8.44. The van der Waals surface area contributed by atoms with Gasteiger partial charge in [0, 0.05) is 33.6 Å². The molecule has 2 aromatic heterocycles. The van der Waals surface area contributed by atoms with Crippen LogP contribution in [0.4, 0.5) is 11.4 Å². The SMILES string of the molecule is Nc1ccccc1C(=C(c1ncncn1)c1ccccc1N)c1ncncn1. The molecule has 2 heterocycles. The monoisotopic (exact) mass is 368 g/mol. The predicted molar refractivity (Wildman–Crippen MR) is 106 cm³/mol. The third kappa shape index (κ3) is 3.26. The number of nitrogens with zero attached hydrogens (tertiary/aromatic N) is 6. The Morgan fingerprint density at radius 3 is 1.25 bits per heavy atom. The molecule has 0 atom stereocenters. The number of nitrogens with two attached hydrogens (primary N) is 2. The van der Waals surface area contributed by atoms with Crippen molar-refractivity contribution >= 4 is 22.5 Å². The summed E-state index contributed by atoms with van der Waals surface area (Å²) in [6.45, 7) is 0. The number of anilines is 2. The van der Waals surface area contributed by atoms with E-state index in [2.05, 4.69) is 29.9 Å². The maximum atomic E-state index is 6.30. The van der Waals surface area contributed by atoms with Crippen LogP contribution in [-0.2, 0) is 0 Å². The van der Waals surface area contributed by atoms with E-state index in [4.69, 9.17) is 11.5 Å². The number of hydrogen-bond donors (Lipinski definition) is 2. The second-order valence-corrected chi connectivity index (χ2v) is 5.85. The molecule has 136 valence electrons. The van der Waals surface area contributed by atoms with Crippen molar-refractivity contribution in [3.8, 4) is 0 Å². The summed E-state index contributed by atoms with van der Waals surface area (Å²) in [5.41, 5.74) is 16.5. The van der Waals surface area contributed by atoms with Crippen molar-refractivity contribution in [2.45, 2.75) is 0 Å². The van der Waals surface area contributed by atoms with Gasteiger partial charge in [0.15, 0.2) is 11.6 Å². The van der Waals surface area contributed by atoms with Gasteiger partial charge in [0.05, 0.1) is 0 Å². The smallest absolute Gasteiger partial charge is 0.164 e. The first-order valence-electron chi connectivity index (χ1n) is 8.44. The summed E-state index contributed by atoms with van der Waals surface area (Å²) in [6.07, 6.45) is 5.73. The standard InChI is InChI=1S/C20H16N8/c21-15-7-3-1-5-13(15)17(19-25-9-23-10-26-19)18(20-27-11-24-12-28-20)14-6-2-4-8-16(14)22/h1-12H,21-22H2. The lowest BCUT2D eigenvalue weighted by Crippen LogP contribution is -2.07. The second kappa shape index (κ2) is 7.58. The number of para-hydroxylation sites is 2. The highest BCUT2D eigenvalue weighted by Gasteiger charge is 2.22. The van der Waals surface area contributed by atoms with Crippen LogP contribution in [0.2, 0.25) is 0 Å². The molecule has 28 heavy (non-hydrogen) atoms. The fraction of sp³-hybridized carbons (Fsp3) is 0. The molecule has 0 spiro atoms. The second-order valence-electron chi connectivity index (χ2n) is 5.85. The van der Waals surface area contributed by atoms with E-state index < -0.39 is 0 Å². The Labute approximate surface area is 161 Å². The largest absolute Gasteiger partial charge is 0.398 e. The van der Waals surface area contributed by atoms with Crippen LogP contribution in [0, 0.1) is 0 Å². The van der Waals surface area contributed by atoms with Crippen LogP contribution in [0.15, 0.2) is 73.8 Å². The molecule has 0 amide bonds. The summed E-state index contributed by atoms with van der Waals surface area (Å²) in [4.78, 5) is 25.3. The minimum atomic E-state index is 0.437. The molecule has 0 unspecified atom stereocenters. The molecule has 0 aliphatic carbocycles. The highest BCUT2D eigenvalue weighted by Crippen LogP contribution is 2.37. The number of hydrogen-bond acceptors (Lipinski definition) is 8. The maximum absolute atomic E-state index is 6.30. The molecule has 4 aromatic rings. The summed E-state index contributed by atoms with van der Waals surface area (Å²) in [5, 5.41) is 0. The Morgan fingerprint density at radius 1 is 0.536 bits per heavy atom. The molecule has 0 fully saturated rings. The van der Waals surface area contributed by atoms with E-state index in [0.717, 1.165) is 11.1 Å². The lowest BCUT2D eigenvalue weighted by Gasteiger charge is -2.17. The van der Waals surface area contributed by atoms with Crippen LogP contribution >= 0.6 is 0 Å². The van der Waals surface area contributed by atoms with Crippen molar-refractivity contribution in [3.05, 3.63) is 96.6 Å². The Kier molecular flexibility index (Phi) is 4.67. The lowest BCUT2D eigenvalue weighted by atomic mass is 9.91. The van der Waals surface area contributed by atoms with Gasteiger partial charge in [-0.15, -0.1) is 0 Å². The summed E-state index contributed by atoms with van der Waals surface area (Å²) < 4.78 is 0. The first-order chi connectivity index (χ1) is 13.8.